The topological polar surface area (TPSA) is 23.8 Å². The van der Waals surface area contributed by atoms with Crippen molar-refractivity contribution < 1.29 is 0 Å². The molecule has 0 radical (unpaired) electrons. The molecule has 0 aromatic rings. The van der Waals surface area contributed by atoms with Crippen molar-refractivity contribution in [2.24, 2.45) is 59.2 Å². The Morgan fingerprint density at radius 3 is 2.47 bits per heavy atom. The summed E-state index contributed by atoms with van der Waals surface area (Å²) in [6.45, 7) is 7.30. The zero-order valence-electron chi connectivity index (χ0n) is 12.5. The minimum Gasteiger partial charge on any atom is -0.198 e. The van der Waals surface area contributed by atoms with E-state index in [-0.39, 0.29) is 0 Å². The van der Waals surface area contributed by atoms with E-state index >= 15 is 0 Å². The molecule has 104 valence electrons. The molecule has 0 heterocycles. The first kappa shape index (κ1) is 12.2. The van der Waals surface area contributed by atoms with Crippen LogP contribution in [0.3, 0.4) is 0 Å². The summed E-state index contributed by atoms with van der Waals surface area (Å²) in [5, 5.41) is 9.40. The van der Waals surface area contributed by atoms with Gasteiger partial charge in [-0.2, -0.15) is 5.26 Å². The average molecular weight is 257 g/mol. The highest BCUT2D eigenvalue weighted by Crippen LogP contribution is 2.72. The average Bonchev–Trinajstić information content (AvgIpc) is 3.12. The monoisotopic (exact) mass is 257 g/mol. The van der Waals surface area contributed by atoms with Gasteiger partial charge in [0.25, 0.3) is 0 Å². The minimum atomic E-state index is 0.415. The van der Waals surface area contributed by atoms with Crippen LogP contribution in [-0.2, 0) is 0 Å². The Labute approximate surface area is 117 Å². The Balaban J connectivity index is 1.67. The number of nitrogens with zero attached hydrogens (tertiary/aromatic N) is 1. The van der Waals surface area contributed by atoms with Gasteiger partial charge in [0.1, 0.15) is 0 Å². The van der Waals surface area contributed by atoms with Crippen molar-refractivity contribution in [2.45, 2.75) is 46.5 Å². The van der Waals surface area contributed by atoms with Gasteiger partial charge >= 0.3 is 0 Å². The van der Waals surface area contributed by atoms with Crippen LogP contribution in [0, 0.1) is 70.5 Å². The van der Waals surface area contributed by atoms with E-state index in [0.29, 0.717) is 5.92 Å². The molecule has 4 fully saturated rings. The summed E-state index contributed by atoms with van der Waals surface area (Å²) in [5.41, 5.74) is 0. The fraction of sp³-hybridized carbons (Fsp3) is 0.944. The van der Waals surface area contributed by atoms with Gasteiger partial charge in [0.05, 0.1) is 6.07 Å². The zero-order valence-corrected chi connectivity index (χ0v) is 12.5. The van der Waals surface area contributed by atoms with Gasteiger partial charge in [-0.1, -0.05) is 27.2 Å². The molecule has 4 saturated carbocycles. The lowest BCUT2D eigenvalue weighted by Gasteiger charge is -2.45. The van der Waals surface area contributed by atoms with Crippen molar-refractivity contribution in [3.8, 4) is 6.07 Å². The van der Waals surface area contributed by atoms with Crippen molar-refractivity contribution in [3.63, 3.8) is 0 Å². The molecule has 4 rings (SSSR count). The number of fused-ring (bicyclic) bond motifs is 9. The summed E-state index contributed by atoms with van der Waals surface area (Å²) in [6, 6.07) is 2.64. The molecule has 4 aliphatic carbocycles. The third kappa shape index (κ3) is 1.36. The number of hydrogen-bond donors (Lipinski definition) is 0. The summed E-state index contributed by atoms with van der Waals surface area (Å²) in [7, 11) is 0. The van der Waals surface area contributed by atoms with E-state index in [1.165, 1.54) is 25.7 Å². The van der Waals surface area contributed by atoms with Crippen LogP contribution in [0.1, 0.15) is 46.5 Å². The molecule has 0 spiro atoms. The Morgan fingerprint density at radius 2 is 1.84 bits per heavy atom. The highest BCUT2D eigenvalue weighted by atomic mass is 14.7. The van der Waals surface area contributed by atoms with E-state index < -0.39 is 0 Å². The van der Waals surface area contributed by atoms with E-state index in [2.05, 4.69) is 26.8 Å². The normalized spacial score (nSPS) is 57.7. The van der Waals surface area contributed by atoms with Gasteiger partial charge in [0, 0.05) is 5.92 Å². The number of rotatable bonds is 2. The third-order valence-corrected chi connectivity index (χ3v) is 7.61. The Morgan fingerprint density at radius 1 is 1.05 bits per heavy atom. The van der Waals surface area contributed by atoms with Gasteiger partial charge in [-0.15, -0.1) is 0 Å². The molecule has 0 N–H and O–H groups in total. The first-order chi connectivity index (χ1) is 9.17. The SMILES string of the molecule is CCC1C2CC(C1C(C)C)C1C3CC(CC3C#N)C21. The van der Waals surface area contributed by atoms with Crippen molar-refractivity contribution >= 4 is 0 Å². The molecule has 4 aliphatic rings. The molecular weight excluding hydrogens is 230 g/mol. The van der Waals surface area contributed by atoms with E-state index in [1.807, 2.05) is 0 Å². The van der Waals surface area contributed by atoms with Crippen LogP contribution >= 0.6 is 0 Å². The lowest BCUT2D eigenvalue weighted by atomic mass is 9.59. The van der Waals surface area contributed by atoms with Gasteiger partial charge in [0.15, 0.2) is 0 Å². The molecule has 0 aliphatic heterocycles. The molecule has 4 bridgehead atoms. The fourth-order valence-corrected chi connectivity index (χ4v) is 7.51. The molecule has 9 atom stereocenters. The lowest BCUT2D eigenvalue weighted by Crippen LogP contribution is -2.41. The summed E-state index contributed by atoms with van der Waals surface area (Å²) >= 11 is 0. The molecule has 0 aromatic heterocycles. The number of nitriles is 1. The summed E-state index contributed by atoms with van der Waals surface area (Å²) < 4.78 is 0. The minimum absolute atomic E-state index is 0.415. The van der Waals surface area contributed by atoms with Crippen LogP contribution < -0.4 is 0 Å². The first-order valence-electron chi connectivity index (χ1n) is 8.57. The molecule has 0 aromatic carbocycles. The van der Waals surface area contributed by atoms with E-state index in [0.717, 1.165) is 53.3 Å². The van der Waals surface area contributed by atoms with Crippen LogP contribution in [-0.4, -0.2) is 0 Å². The van der Waals surface area contributed by atoms with Crippen LogP contribution in [0.4, 0.5) is 0 Å². The predicted molar refractivity (Wildman–Crippen MR) is 76.0 cm³/mol. The molecule has 0 saturated heterocycles. The van der Waals surface area contributed by atoms with Crippen molar-refractivity contribution in [3.05, 3.63) is 0 Å². The molecule has 0 amide bonds. The van der Waals surface area contributed by atoms with Crippen molar-refractivity contribution in [1.82, 2.24) is 0 Å². The van der Waals surface area contributed by atoms with E-state index in [1.54, 1.807) is 0 Å². The second kappa shape index (κ2) is 4.00. The Kier molecular flexibility index (Phi) is 2.58. The maximum absolute atomic E-state index is 9.40. The van der Waals surface area contributed by atoms with Crippen LogP contribution in [0.25, 0.3) is 0 Å². The van der Waals surface area contributed by atoms with Crippen LogP contribution in [0.15, 0.2) is 0 Å². The predicted octanol–water partition coefficient (Wildman–Crippen LogP) is 4.35. The summed E-state index contributed by atoms with van der Waals surface area (Å²) in [4.78, 5) is 0. The molecule has 1 heteroatoms. The van der Waals surface area contributed by atoms with Gasteiger partial charge in [0.2, 0.25) is 0 Å². The third-order valence-electron chi connectivity index (χ3n) is 7.61. The van der Waals surface area contributed by atoms with Crippen molar-refractivity contribution in [2.75, 3.05) is 0 Å². The van der Waals surface area contributed by atoms with Crippen LogP contribution in [0.5, 0.6) is 0 Å². The molecule has 1 nitrogen and oxygen atoms in total. The Bertz CT molecular complexity index is 420. The van der Waals surface area contributed by atoms with Gasteiger partial charge in [-0.25, -0.2) is 0 Å². The van der Waals surface area contributed by atoms with E-state index in [4.69, 9.17) is 0 Å². The van der Waals surface area contributed by atoms with E-state index in [9.17, 15) is 5.26 Å². The van der Waals surface area contributed by atoms with Crippen LogP contribution in [0.2, 0.25) is 0 Å². The van der Waals surface area contributed by atoms with Crippen molar-refractivity contribution in [1.29, 1.82) is 5.26 Å². The summed E-state index contributed by atoms with van der Waals surface area (Å²) in [6.07, 6.45) is 5.56. The molecule has 9 unspecified atom stereocenters. The fourth-order valence-electron chi connectivity index (χ4n) is 7.51. The zero-order chi connectivity index (χ0) is 13.3. The standard InChI is InChI=1S/C18H27N/c1-4-12-14-7-15(16(12)9(2)3)18-13-6-10(17(14)18)5-11(13)8-19/h9-18H,4-7H2,1-3H3. The summed E-state index contributed by atoms with van der Waals surface area (Å²) in [5.74, 6) is 8.93. The van der Waals surface area contributed by atoms with Gasteiger partial charge in [-0.3, -0.25) is 0 Å². The smallest absolute Gasteiger partial charge is 0.0658 e. The maximum Gasteiger partial charge on any atom is 0.0658 e. The molecular formula is C18H27N. The second-order valence-corrected chi connectivity index (χ2v) is 8.24. The maximum atomic E-state index is 9.40. The Hall–Kier alpha value is -0.510. The number of hydrogen-bond acceptors (Lipinski definition) is 1. The highest BCUT2D eigenvalue weighted by molar-refractivity contribution is 5.17. The quantitative estimate of drug-likeness (QED) is 0.675. The largest absolute Gasteiger partial charge is 0.198 e. The highest BCUT2D eigenvalue weighted by Gasteiger charge is 2.67. The lowest BCUT2D eigenvalue weighted by molar-refractivity contribution is 0.0225. The van der Waals surface area contributed by atoms with Gasteiger partial charge in [-0.05, 0) is 72.5 Å². The first-order valence-corrected chi connectivity index (χ1v) is 8.57. The molecule has 19 heavy (non-hydrogen) atoms. The van der Waals surface area contributed by atoms with Gasteiger partial charge < -0.3 is 0 Å². The second-order valence-electron chi connectivity index (χ2n) is 8.24.